The summed E-state index contributed by atoms with van der Waals surface area (Å²) in [6.45, 7) is 2.81. The van der Waals surface area contributed by atoms with Crippen LogP contribution in [-0.2, 0) is 0 Å². The van der Waals surface area contributed by atoms with Crippen molar-refractivity contribution in [2.24, 2.45) is 0 Å². The van der Waals surface area contributed by atoms with Gasteiger partial charge in [0.1, 0.15) is 0 Å². The van der Waals surface area contributed by atoms with Crippen molar-refractivity contribution in [1.29, 1.82) is 0 Å². The Kier molecular flexibility index (Phi) is 4.90. The summed E-state index contributed by atoms with van der Waals surface area (Å²) in [6.07, 6.45) is 7.39. The molecule has 1 fully saturated rings. The lowest BCUT2D eigenvalue weighted by Gasteiger charge is -2.23. The highest BCUT2D eigenvalue weighted by Gasteiger charge is 2.29. The summed E-state index contributed by atoms with van der Waals surface area (Å²) < 4.78 is 6.37. The second-order valence-corrected chi connectivity index (χ2v) is 6.45. The van der Waals surface area contributed by atoms with Crippen molar-refractivity contribution in [3.63, 3.8) is 0 Å². The molecule has 0 unspecified atom stereocenters. The van der Waals surface area contributed by atoms with Crippen LogP contribution in [0.1, 0.15) is 35.0 Å². The average Bonchev–Trinajstić information content (AvgIpc) is 3.21. The average molecular weight is 365 g/mol. The van der Waals surface area contributed by atoms with Gasteiger partial charge >= 0.3 is 0 Å². The standard InChI is InChI=1S/C16H18BrN3O2/c17-13-8-12(9-18-10-13)16(21)19-11-14(15-4-3-7-22-15)20-5-1-2-6-20/h3-4,7-10,14H,1-2,5-6,11H2,(H,19,21)/p+1/t14-/m0/s1. The van der Waals surface area contributed by atoms with Gasteiger partial charge in [0, 0.05) is 29.7 Å². The Morgan fingerprint density at radius 3 is 2.91 bits per heavy atom. The number of hydrogen-bond donors (Lipinski definition) is 2. The molecular weight excluding hydrogens is 346 g/mol. The molecule has 5 nitrogen and oxygen atoms in total. The minimum atomic E-state index is -0.107. The lowest BCUT2D eigenvalue weighted by Crippen LogP contribution is -3.11. The maximum Gasteiger partial charge on any atom is 0.253 e. The summed E-state index contributed by atoms with van der Waals surface area (Å²) in [5, 5.41) is 3.01. The number of carbonyl (C=O) groups excluding carboxylic acids is 1. The molecule has 116 valence electrons. The number of aromatic nitrogens is 1. The van der Waals surface area contributed by atoms with Crippen molar-refractivity contribution < 1.29 is 14.1 Å². The zero-order valence-electron chi connectivity index (χ0n) is 12.2. The Hall–Kier alpha value is -1.66. The molecule has 0 aliphatic carbocycles. The van der Waals surface area contributed by atoms with Gasteiger partial charge in [0.2, 0.25) is 0 Å². The minimum Gasteiger partial charge on any atom is -0.463 e. The minimum absolute atomic E-state index is 0.107. The number of amides is 1. The third kappa shape index (κ3) is 3.56. The molecule has 0 spiro atoms. The van der Waals surface area contributed by atoms with Gasteiger partial charge in [0.25, 0.3) is 5.91 Å². The van der Waals surface area contributed by atoms with Crippen LogP contribution in [0.15, 0.2) is 45.7 Å². The van der Waals surface area contributed by atoms with E-state index >= 15 is 0 Å². The fourth-order valence-corrected chi connectivity index (χ4v) is 3.31. The SMILES string of the molecule is O=C(NC[C@@H](c1ccco1)[NH+]1CCCC1)c1cncc(Br)c1. The van der Waals surface area contributed by atoms with E-state index in [0.717, 1.165) is 23.3 Å². The number of nitrogens with one attached hydrogen (secondary N) is 2. The van der Waals surface area contributed by atoms with Crippen LogP contribution in [0.2, 0.25) is 0 Å². The number of pyridine rings is 1. The Morgan fingerprint density at radius 2 is 2.23 bits per heavy atom. The van der Waals surface area contributed by atoms with Crippen LogP contribution in [0.4, 0.5) is 0 Å². The van der Waals surface area contributed by atoms with E-state index in [1.165, 1.54) is 17.7 Å². The summed E-state index contributed by atoms with van der Waals surface area (Å²) in [7, 11) is 0. The van der Waals surface area contributed by atoms with Crippen molar-refractivity contribution in [2.45, 2.75) is 18.9 Å². The van der Waals surface area contributed by atoms with Crippen molar-refractivity contribution >= 4 is 21.8 Å². The monoisotopic (exact) mass is 364 g/mol. The number of carbonyl (C=O) groups is 1. The molecule has 22 heavy (non-hydrogen) atoms. The van der Waals surface area contributed by atoms with Crippen LogP contribution < -0.4 is 10.2 Å². The number of likely N-dealkylation sites (tertiary alicyclic amines) is 1. The summed E-state index contributed by atoms with van der Waals surface area (Å²) in [4.78, 5) is 17.8. The first-order valence-electron chi connectivity index (χ1n) is 7.51. The van der Waals surface area contributed by atoms with Gasteiger partial charge in [0.05, 0.1) is 31.5 Å². The van der Waals surface area contributed by atoms with E-state index < -0.39 is 0 Å². The Morgan fingerprint density at radius 1 is 1.41 bits per heavy atom. The number of hydrogen-bond acceptors (Lipinski definition) is 3. The quantitative estimate of drug-likeness (QED) is 0.846. The maximum absolute atomic E-state index is 12.3. The van der Waals surface area contributed by atoms with Gasteiger partial charge in [-0.3, -0.25) is 9.78 Å². The molecule has 1 amide bonds. The lowest BCUT2D eigenvalue weighted by molar-refractivity contribution is -0.919. The van der Waals surface area contributed by atoms with Crippen molar-refractivity contribution in [3.05, 3.63) is 52.7 Å². The van der Waals surface area contributed by atoms with Gasteiger partial charge in [0.15, 0.2) is 11.8 Å². The van der Waals surface area contributed by atoms with E-state index in [1.807, 2.05) is 12.1 Å². The van der Waals surface area contributed by atoms with Crippen LogP contribution in [0.3, 0.4) is 0 Å². The number of furan rings is 1. The largest absolute Gasteiger partial charge is 0.463 e. The third-order valence-electron chi connectivity index (χ3n) is 4.06. The first-order valence-corrected chi connectivity index (χ1v) is 8.30. The smallest absolute Gasteiger partial charge is 0.253 e. The Bertz CT molecular complexity index is 624. The first kappa shape index (κ1) is 15.2. The Labute approximate surface area is 137 Å². The molecule has 0 bridgehead atoms. The van der Waals surface area contributed by atoms with Gasteiger partial charge in [-0.25, -0.2) is 0 Å². The molecular formula is C16H19BrN3O2+. The maximum atomic E-state index is 12.3. The predicted molar refractivity (Wildman–Crippen MR) is 85.6 cm³/mol. The van der Waals surface area contributed by atoms with Crippen LogP contribution >= 0.6 is 15.9 Å². The van der Waals surface area contributed by atoms with Crippen LogP contribution in [0, 0.1) is 0 Å². The van der Waals surface area contributed by atoms with E-state index in [1.54, 1.807) is 24.7 Å². The molecule has 1 aliphatic heterocycles. The molecule has 3 rings (SSSR count). The number of quaternary nitrogens is 1. The fraction of sp³-hybridized carbons (Fsp3) is 0.375. The van der Waals surface area contributed by atoms with Crippen LogP contribution in [0.25, 0.3) is 0 Å². The highest BCUT2D eigenvalue weighted by molar-refractivity contribution is 9.10. The third-order valence-corrected chi connectivity index (χ3v) is 4.49. The normalized spacial score (nSPS) is 16.6. The van der Waals surface area contributed by atoms with E-state index in [4.69, 9.17) is 4.42 Å². The lowest BCUT2D eigenvalue weighted by atomic mass is 10.2. The highest BCUT2D eigenvalue weighted by Crippen LogP contribution is 2.13. The molecule has 0 radical (unpaired) electrons. The first-order chi connectivity index (χ1) is 10.7. The molecule has 2 aromatic heterocycles. The molecule has 2 N–H and O–H groups in total. The van der Waals surface area contributed by atoms with Crippen molar-refractivity contribution in [3.8, 4) is 0 Å². The summed E-state index contributed by atoms with van der Waals surface area (Å²) in [6, 6.07) is 5.83. The van der Waals surface area contributed by atoms with E-state index in [0.29, 0.717) is 12.1 Å². The second kappa shape index (κ2) is 7.07. The topological polar surface area (TPSA) is 59.6 Å². The molecule has 0 saturated carbocycles. The molecule has 2 aromatic rings. The molecule has 0 aromatic carbocycles. The zero-order valence-corrected chi connectivity index (χ0v) is 13.8. The molecule has 3 heterocycles. The predicted octanol–water partition coefficient (Wildman–Crippen LogP) is 1.59. The zero-order chi connectivity index (χ0) is 15.4. The number of rotatable bonds is 5. The molecule has 1 aliphatic rings. The summed E-state index contributed by atoms with van der Waals surface area (Å²) in [5.41, 5.74) is 0.559. The molecule has 1 saturated heterocycles. The summed E-state index contributed by atoms with van der Waals surface area (Å²) in [5.74, 6) is 0.827. The number of halogens is 1. The second-order valence-electron chi connectivity index (χ2n) is 5.54. The van der Waals surface area contributed by atoms with E-state index in [-0.39, 0.29) is 11.9 Å². The van der Waals surface area contributed by atoms with Crippen LogP contribution in [-0.4, -0.2) is 30.5 Å². The van der Waals surface area contributed by atoms with Crippen LogP contribution in [0.5, 0.6) is 0 Å². The van der Waals surface area contributed by atoms with Gasteiger partial charge in [-0.2, -0.15) is 0 Å². The molecule has 1 atom stereocenters. The van der Waals surface area contributed by atoms with E-state index in [9.17, 15) is 4.79 Å². The fourth-order valence-electron chi connectivity index (χ4n) is 2.95. The van der Waals surface area contributed by atoms with Gasteiger partial charge in [-0.15, -0.1) is 0 Å². The molecule has 6 heteroatoms. The van der Waals surface area contributed by atoms with Crippen molar-refractivity contribution in [2.75, 3.05) is 19.6 Å². The van der Waals surface area contributed by atoms with Gasteiger partial charge in [-0.05, 0) is 34.1 Å². The summed E-state index contributed by atoms with van der Waals surface area (Å²) >= 11 is 3.33. The highest BCUT2D eigenvalue weighted by atomic mass is 79.9. The van der Waals surface area contributed by atoms with E-state index in [2.05, 4.69) is 26.2 Å². The van der Waals surface area contributed by atoms with Gasteiger partial charge < -0.3 is 14.6 Å². The van der Waals surface area contributed by atoms with Gasteiger partial charge in [-0.1, -0.05) is 0 Å². The van der Waals surface area contributed by atoms with Crippen molar-refractivity contribution in [1.82, 2.24) is 10.3 Å². The Balaban J connectivity index is 1.67. The number of nitrogens with zero attached hydrogens (tertiary/aromatic N) is 1.